The summed E-state index contributed by atoms with van der Waals surface area (Å²) in [6.45, 7) is 1.63. The normalized spacial score (nSPS) is 17.8. The summed E-state index contributed by atoms with van der Waals surface area (Å²) in [5.74, 6) is 0.573. The lowest BCUT2D eigenvalue weighted by atomic mass is 9.94. The fourth-order valence-corrected chi connectivity index (χ4v) is 3.82. The van der Waals surface area contributed by atoms with E-state index in [4.69, 9.17) is 0 Å². The number of likely N-dealkylation sites (tertiary alicyclic amines) is 1. The molecule has 0 saturated carbocycles. The molecule has 4 nitrogen and oxygen atoms in total. The van der Waals surface area contributed by atoms with Crippen LogP contribution in [0, 0.1) is 0 Å². The molecule has 1 fully saturated rings. The molecule has 0 bridgehead atoms. The van der Waals surface area contributed by atoms with E-state index in [0.29, 0.717) is 12.3 Å². The molecule has 0 spiro atoms. The van der Waals surface area contributed by atoms with Crippen molar-refractivity contribution >= 4 is 16.7 Å². The van der Waals surface area contributed by atoms with Crippen molar-refractivity contribution in [3.05, 3.63) is 66.0 Å². The summed E-state index contributed by atoms with van der Waals surface area (Å²) in [5.41, 5.74) is 2.22. The molecule has 1 atom stereocenters. The van der Waals surface area contributed by atoms with Crippen LogP contribution in [0.25, 0.3) is 10.8 Å². The molecule has 4 rings (SSSR count). The minimum absolute atomic E-state index is 0.219. The molecule has 2 aromatic carbocycles. The Labute approximate surface area is 148 Å². The van der Waals surface area contributed by atoms with Crippen molar-refractivity contribution in [2.75, 3.05) is 13.1 Å². The Kier molecular flexibility index (Phi) is 4.26. The number of aromatic nitrogens is 2. The fourth-order valence-electron chi connectivity index (χ4n) is 3.82. The maximum atomic E-state index is 12.9. The van der Waals surface area contributed by atoms with Crippen LogP contribution in [0.3, 0.4) is 0 Å². The first-order valence-corrected chi connectivity index (χ1v) is 8.94. The third kappa shape index (κ3) is 3.29. The third-order valence-electron chi connectivity index (χ3n) is 5.15. The molecule has 2 heterocycles. The molecule has 25 heavy (non-hydrogen) atoms. The highest BCUT2D eigenvalue weighted by Crippen LogP contribution is 2.26. The van der Waals surface area contributed by atoms with Crippen LogP contribution in [0.5, 0.6) is 0 Å². The van der Waals surface area contributed by atoms with Gasteiger partial charge in [-0.2, -0.15) is 5.10 Å². The number of fused-ring (bicyclic) bond motifs is 1. The molecule has 4 heteroatoms. The highest BCUT2D eigenvalue weighted by Gasteiger charge is 2.26. The number of rotatable bonds is 3. The van der Waals surface area contributed by atoms with Crippen LogP contribution in [0.4, 0.5) is 0 Å². The number of nitrogens with zero attached hydrogens (tertiary/aromatic N) is 3. The summed E-state index contributed by atoms with van der Waals surface area (Å²) in [6, 6.07) is 16.6. The van der Waals surface area contributed by atoms with Crippen LogP contribution in [-0.4, -0.2) is 33.7 Å². The third-order valence-corrected chi connectivity index (χ3v) is 5.15. The first-order chi connectivity index (χ1) is 12.2. The molecule has 0 aliphatic carbocycles. The van der Waals surface area contributed by atoms with E-state index < -0.39 is 0 Å². The zero-order valence-corrected chi connectivity index (χ0v) is 14.6. The monoisotopic (exact) mass is 333 g/mol. The number of hydrogen-bond acceptors (Lipinski definition) is 2. The van der Waals surface area contributed by atoms with Crippen LogP contribution < -0.4 is 0 Å². The van der Waals surface area contributed by atoms with Gasteiger partial charge in [0.1, 0.15) is 0 Å². The Morgan fingerprint density at radius 1 is 1.16 bits per heavy atom. The van der Waals surface area contributed by atoms with Gasteiger partial charge in [0.05, 0.1) is 12.1 Å². The maximum Gasteiger partial charge on any atom is 0.227 e. The Hall–Kier alpha value is -2.62. The highest BCUT2D eigenvalue weighted by atomic mass is 16.2. The first-order valence-electron chi connectivity index (χ1n) is 8.94. The summed E-state index contributed by atoms with van der Waals surface area (Å²) >= 11 is 0. The zero-order valence-electron chi connectivity index (χ0n) is 14.6. The van der Waals surface area contributed by atoms with Crippen molar-refractivity contribution in [3.8, 4) is 0 Å². The SMILES string of the molecule is Cn1ccc(C2CCCN(C(=O)Cc3cccc4ccccc34)C2)n1. The molecule has 0 N–H and O–H groups in total. The average molecular weight is 333 g/mol. The molecule has 3 aromatic rings. The second-order valence-electron chi connectivity index (χ2n) is 6.91. The van der Waals surface area contributed by atoms with Crippen LogP contribution in [0.15, 0.2) is 54.7 Å². The summed E-state index contributed by atoms with van der Waals surface area (Å²) in [6.07, 6.45) is 4.60. The standard InChI is InChI=1S/C21H23N3O/c1-23-13-11-20(22-23)18-9-5-12-24(15-18)21(25)14-17-8-4-7-16-6-2-3-10-19(16)17/h2-4,6-8,10-11,13,18H,5,9,12,14-15H2,1H3. The summed E-state index contributed by atoms with van der Waals surface area (Å²) < 4.78 is 1.84. The largest absolute Gasteiger partial charge is 0.342 e. The minimum atomic E-state index is 0.219. The average Bonchev–Trinajstić information content (AvgIpc) is 3.09. The van der Waals surface area contributed by atoms with Crippen molar-refractivity contribution in [1.82, 2.24) is 14.7 Å². The van der Waals surface area contributed by atoms with Gasteiger partial charge in [0, 0.05) is 32.3 Å². The highest BCUT2D eigenvalue weighted by molar-refractivity contribution is 5.90. The molecular formula is C21H23N3O. The van der Waals surface area contributed by atoms with Crippen LogP contribution in [0.2, 0.25) is 0 Å². The number of benzene rings is 2. The van der Waals surface area contributed by atoms with Gasteiger partial charge in [0.25, 0.3) is 0 Å². The Bertz CT molecular complexity index is 894. The van der Waals surface area contributed by atoms with Gasteiger partial charge >= 0.3 is 0 Å². The van der Waals surface area contributed by atoms with Crippen molar-refractivity contribution in [1.29, 1.82) is 0 Å². The quantitative estimate of drug-likeness (QED) is 0.735. The van der Waals surface area contributed by atoms with Crippen molar-refractivity contribution in [3.63, 3.8) is 0 Å². The predicted molar refractivity (Wildman–Crippen MR) is 99.4 cm³/mol. The van der Waals surface area contributed by atoms with Gasteiger partial charge in [0.15, 0.2) is 0 Å². The second-order valence-corrected chi connectivity index (χ2v) is 6.91. The van der Waals surface area contributed by atoms with Crippen molar-refractivity contribution in [2.45, 2.75) is 25.2 Å². The van der Waals surface area contributed by atoms with E-state index in [-0.39, 0.29) is 5.91 Å². The van der Waals surface area contributed by atoms with Gasteiger partial charge in [0.2, 0.25) is 5.91 Å². The number of amides is 1. The van der Waals surface area contributed by atoms with Crippen molar-refractivity contribution in [2.24, 2.45) is 7.05 Å². The molecule has 1 saturated heterocycles. The van der Waals surface area contributed by atoms with E-state index in [2.05, 4.69) is 35.4 Å². The van der Waals surface area contributed by atoms with Crippen LogP contribution in [0.1, 0.15) is 30.0 Å². The molecule has 0 radical (unpaired) electrons. The van der Waals surface area contributed by atoms with E-state index in [1.807, 2.05) is 41.0 Å². The Morgan fingerprint density at radius 2 is 2.00 bits per heavy atom. The number of carbonyl (C=O) groups excluding carboxylic acids is 1. The lowest BCUT2D eigenvalue weighted by molar-refractivity contribution is -0.131. The number of carbonyl (C=O) groups is 1. The molecule has 1 unspecified atom stereocenters. The Morgan fingerprint density at radius 3 is 2.84 bits per heavy atom. The lowest BCUT2D eigenvalue weighted by Gasteiger charge is -2.32. The molecule has 1 aliphatic rings. The molecule has 1 aliphatic heterocycles. The maximum absolute atomic E-state index is 12.9. The van der Waals surface area contributed by atoms with Gasteiger partial charge < -0.3 is 4.90 Å². The smallest absolute Gasteiger partial charge is 0.227 e. The number of piperidine rings is 1. The van der Waals surface area contributed by atoms with E-state index in [1.54, 1.807) is 0 Å². The van der Waals surface area contributed by atoms with Gasteiger partial charge in [-0.15, -0.1) is 0 Å². The first kappa shape index (κ1) is 15.9. The van der Waals surface area contributed by atoms with Crippen LogP contribution >= 0.6 is 0 Å². The summed E-state index contributed by atoms with van der Waals surface area (Å²) in [7, 11) is 1.94. The minimum Gasteiger partial charge on any atom is -0.342 e. The molecule has 1 aromatic heterocycles. The fraction of sp³-hybridized carbons (Fsp3) is 0.333. The summed E-state index contributed by atoms with van der Waals surface area (Å²) in [5, 5.41) is 6.90. The molecule has 128 valence electrons. The summed E-state index contributed by atoms with van der Waals surface area (Å²) in [4.78, 5) is 14.9. The number of hydrogen-bond donors (Lipinski definition) is 0. The van der Waals surface area contributed by atoms with Gasteiger partial charge in [-0.3, -0.25) is 9.48 Å². The topological polar surface area (TPSA) is 38.1 Å². The van der Waals surface area contributed by atoms with E-state index in [9.17, 15) is 4.79 Å². The van der Waals surface area contributed by atoms with Gasteiger partial charge in [-0.25, -0.2) is 0 Å². The second kappa shape index (κ2) is 6.71. The van der Waals surface area contributed by atoms with E-state index in [1.165, 1.54) is 10.8 Å². The zero-order chi connectivity index (χ0) is 17.2. The molecular weight excluding hydrogens is 310 g/mol. The van der Waals surface area contributed by atoms with E-state index >= 15 is 0 Å². The molecule has 1 amide bonds. The number of aryl methyl sites for hydroxylation is 1. The van der Waals surface area contributed by atoms with Crippen LogP contribution in [-0.2, 0) is 18.3 Å². The van der Waals surface area contributed by atoms with Crippen molar-refractivity contribution < 1.29 is 4.79 Å². The lowest BCUT2D eigenvalue weighted by Crippen LogP contribution is -2.40. The Balaban J connectivity index is 1.50. The van der Waals surface area contributed by atoms with Gasteiger partial charge in [-0.1, -0.05) is 42.5 Å². The van der Waals surface area contributed by atoms with E-state index in [0.717, 1.165) is 37.2 Å². The predicted octanol–water partition coefficient (Wildman–Crippen LogP) is 3.52. The van der Waals surface area contributed by atoms with Gasteiger partial charge in [-0.05, 0) is 35.2 Å².